The van der Waals surface area contributed by atoms with E-state index in [1.54, 1.807) is 6.92 Å². The maximum atomic E-state index is 10.8. The lowest BCUT2D eigenvalue weighted by molar-refractivity contribution is -0.129. The molecule has 0 radical (unpaired) electrons. The molecule has 62 valence electrons. The molecule has 0 heterocycles. The molecular formula is C7H12N2O2. The average Bonchev–Trinajstić information content (AvgIpc) is 1.87. The van der Waals surface area contributed by atoms with E-state index in [0.717, 1.165) is 0 Å². The number of nitrogens with zero attached hydrogens (tertiary/aromatic N) is 1. The van der Waals surface area contributed by atoms with Gasteiger partial charge in [0.1, 0.15) is 6.10 Å². The lowest BCUT2D eigenvalue weighted by Gasteiger charge is -2.11. The Hall–Kier alpha value is -1.08. The summed E-state index contributed by atoms with van der Waals surface area (Å²) in [4.78, 5) is 10.8. The number of hydrogen-bond donors (Lipinski definition) is 2. The van der Waals surface area contributed by atoms with Crippen molar-refractivity contribution in [3.8, 4) is 6.07 Å². The Morgan fingerprint density at radius 3 is 2.64 bits per heavy atom. The number of aliphatic hydroxyl groups is 1. The molecule has 2 N–H and O–H groups in total. The second-order valence-electron chi connectivity index (χ2n) is 2.45. The molecule has 0 spiro atoms. The molecule has 4 nitrogen and oxygen atoms in total. The first kappa shape index (κ1) is 9.92. The van der Waals surface area contributed by atoms with Crippen LogP contribution in [0.4, 0.5) is 0 Å². The van der Waals surface area contributed by atoms with Crippen LogP contribution in [0.25, 0.3) is 0 Å². The van der Waals surface area contributed by atoms with Crippen LogP contribution < -0.4 is 5.32 Å². The van der Waals surface area contributed by atoms with Crippen molar-refractivity contribution < 1.29 is 9.90 Å². The monoisotopic (exact) mass is 156 g/mol. The van der Waals surface area contributed by atoms with Crippen LogP contribution >= 0.6 is 0 Å². The maximum Gasteiger partial charge on any atom is 0.248 e. The summed E-state index contributed by atoms with van der Waals surface area (Å²) in [6.07, 6.45) is -0.741. The molecule has 1 unspecified atom stereocenters. The van der Waals surface area contributed by atoms with Crippen molar-refractivity contribution in [2.45, 2.75) is 32.4 Å². The SMILES string of the molecule is CC(CC#N)NC(=O)[C@@H](C)O. The molecule has 0 aliphatic carbocycles. The third-order valence-corrected chi connectivity index (χ3v) is 1.17. The highest BCUT2D eigenvalue weighted by atomic mass is 16.3. The zero-order valence-corrected chi connectivity index (χ0v) is 6.66. The average molecular weight is 156 g/mol. The van der Waals surface area contributed by atoms with Crippen LogP contribution in [0.3, 0.4) is 0 Å². The fourth-order valence-electron chi connectivity index (χ4n) is 0.551. The molecule has 4 heteroatoms. The fourth-order valence-corrected chi connectivity index (χ4v) is 0.551. The molecule has 0 fully saturated rings. The molecule has 0 aromatic heterocycles. The Bertz CT molecular complexity index is 172. The highest BCUT2D eigenvalue weighted by Gasteiger charge is 2.10. The smallest absolute Gasteiger partial charge is 0.248 e. The van der Waals surface area contributed by atoms with E-state index >= 15 is 0 Å². The zero-order chi connectivity index (χ0) is 8.85. The number of carbonyl (C=O) groups is 1. The first-order valence-corrected chi connectivity index (χ1v) is 3.43. The van der Waals surface area contributed by atoms with Gasteiger partial charge in [0.05, 0.1) is 12.5 Å². The van der Waals surface area contributed by atoms with Gasteiger partial charge < -0.3 is 10.4 Å². The van der Waals surface area contributed by atoms with Crippen molar-refractivity contribution >= 4 is 5.91 Å². The summed E-state index contributed by atoms with van der Waals surface area (Å²) in [5, 5.41) is 19.4. The van der Waals surface area contributed by atoms with Gasteiger partial charge in [0.25, 0.3) is 0 Å². The summed E-state index contributed by atoms with van der Waals surface area (Å²) in [6.45, 7) is 3.10. The third kappa shape index (κ3) is 4.34. The Labute approximate surface area is 65.8 Å². The molecule has 0 saturated carbocycles. The largest absolute Gasteiger partial charge is 0.384 e. The van der Waals surface area contributed by atoms with E-state index in [4.69, 9.17) is 10.4 Å². The maximum absolute atomic E-state index is 10.8. The minimum atomic E-state index is -1.00. The second-order valence-corrected chi connectivity index (χ2v) is 2.45. The quantitative estimate of drug-likeness (QED) is 0.593. The molecule has 0 aliphatic rings. The van der Waals surface area contributed by atoms with Crippen LogP contribution in [0.2, 0.25) is 0 Å². The number of hydrogen-bond acceptors (Lipinski definition) is 3. The van der Waals surface area contributed by atoms with Crippen molar-refractivity contribution in [3.63, 3.8) is 0 Å². The van der Waals surface area contributed by atoms with E-state index in [0.29, 0.717) is 0 Å². The van der Waals surface area contributed by atoms with Crippen LogP contribution in [-0.4, -0.2) is 23.2 Å². The topological polar surface area (TPSA) is 73.1 Å². The van der Waals surface area contributed by atoms with Gasteiger partial charge >= 0.3 is 0 Å². The highest BCUT2D eigenvalue weighted by Crippen LogP contribution is 1.89. The Morgan fingerprint density at radius 2 is 2.27 bits per heavy atom. The van der Waals surface area contributed by atoms with Crippen molar-refractivity contribution in [1.29, 1.82) is 5.26 Å². The first-order valence-electron chi connectivity index (χ1n) is 3.43. The van der Waals surface area contributed by atoms with E-state index in [9.17, 15) is 4.79 Å². The summed E-state index contributed by atoms with van der Waals surface area (Å²) in [5.41, 5.74) is 0. The lowest BCUT2D eigenvalue weighted by Crippen LogP contribution is -2.38. The standard InChI is InChI=1S/C7H12N2O2/c1-5(3-4-8)9-7(11)6(2)10/h5-6,10H,3H2,1-2H3,(H,9,11)/t5?,6-/m1/s1. The van der Waals surface area contributed by atoms with Crippen molar-refractivity contribution in [2.75, 3.05) is 0 Å². The molecule has 0 aromatic rings. The molecule has 0 aromatic carbocycles. The first-order chi connectivity index (χ1) is 5.07. The van der Waals surface area contributed by atoms with Gasteiger partial charge in [0.2, 0.25) is 5.91 Å². The minimum absolute atomic E-state index is 0.193. The molecule has 0 bridgehead atoms. The van der Waals surface area contributed by atoms with E-state index < -0.39 is 12.0 Å². The highest BCUT2D eigenvalue weighted by molar-refractivity contribution is 5.80. The van der Waals surface area contributed by atoms with Crippen LogP contribution in [0.5, 0.6) is 0 Å². The van der Waals surface area contributed by atoms with E-state index in [1.807, 2.05) is 6.07 Å². The molecular weight excluding hydrogens is 144 g/mol. The number of aliphatic hydroxyl groups excluding tert-OH is 1. The van der Waals surface area contributed by atoms with Crippen LogP contribution in [-0.2, 0) is 4.79 Å². The number of amides is 1. The number of rotatable bonds is 3. The van der Waals surface area contributed by atoms with Crippen molar-refractivity contribution in [3.05, 3.63) is 0 Å². The third-order valence-electron chi connectivity index (χ3n) is 1.17. The lowest BCUT2D eigenvalue weighted by atomic mass is 10.2. The van der Waals surface area contributed by atoms with Gasteiger partial charge in [0.15, 0.2) is 0 Å². The second kappa shape index (κ2) is 4.69. The number of carbonyl (C=O) groups excluding carboxylic acids is 1. The fraction of sp³-hybridized carbons (Fsp3) is 0.714. The molecule has 2 atom stereocenters. The normalized spacial score (nSPS) is 14.7. The van der Waals surface area contributed by atoms with E-state index in [-0.39, 0.29) is 12.5 Å². The van der Waals surface area contributed by atoms with Gasteiger partial charge in [-0.1, -0.05) is 0 Å². The Morgan fingerprint density at radius 1 is 1.73 bits per heavy atom. The summed E-state index contributed by atoms with van der Waals surface area (Å²) in [5.74, 6) is -0.437. The molecule has 0 rings (SSSR count). The molecule has 0 saturated heterocycles. The van der Waals surface area contributed by atoms with Gasteiger partial charge in [0, 0.05) is 6.04 Å². The zero-order valence-electron chi connectivity index (χ0n) is 6.66. The minimum Gasteiger partial charge on any atom is -0.384 e. The van der Waals surface area contributed by atoms with Crippen LogP contribution in [0.15, 0.2) is 0 Å². The number of nitriles is 1. The van der Waals surface area contributed by atoms with E-state index in [1.165, 1.54) is 6.92 Å². The summed E-state index contributed by atoms with van der Waals surface area (Å²) < 4.78 is 0. The van der Waals surface area contributed by atoms with Gasteiger partial charge in [-0.2, -0.15) is 5.26 Å². The van der Waals surface area contributed by atoms with Crippen LogP contribution in [0.1, 0.15) is 20.3 Å². The molecule has 1 amide bonds. The molecule has 11 heavy (non-hydrogen) atoms. The molecule has 0 aliphatic heterocycles. The predicted octanol–water partition coefficient (Wildman–Crippen LogP) is -0.214. The van der Waals surface area contributed by atoms with Crippen LogP contribution in [0, 0.1) is 11.3 Å². The van der Waals surface area contributed by atoms with E-state index in [2.05, 4.69) is 5.32 Å². The Kier molecular flexibility index (Phi) is 4.23. The predicted molar refractivity (Wildman–Crippen MR) is 39.5 cm³/mol. The van der Waals surface area contributed by atoms with Crippen molar-refractivity contribution in [1.82, 2.24) is 5.32 Å². The summed E-state index contributed by atoms with van der Waals surface area (Å²) in [6, 6.07) is 1.72. The summed E-state index contributed by atoms with van der Waals surface area (Å²) >= 11 is 0. The van der Waals surface area contributed by atoms with Crippen molar-refractivity contribution in [2.24, 2.45) is 0 Å². The van der Waals surface area contributed by atoms with Gasteiger partial charge in [-0.15, -0.1) is 0 Å². The Balaban J connectivity index is 3.68. The van der Waals surface area contributed by atoms with Gasteiger partial charge in [-0.3, -0.25) is 4.79 Å². The number of nitrogens with one attached hydrogen (secondary N) is 1. The van der Waals surface area contributed by atoms with Gasteiger partial charge in [-0.05, 0) is 13.8 Å². The van der Waals surface area contributed by atoms with Gasteiger partial charge in [-0.25, -0.2) is 0 Å². The summed E-state index contributed by atoms with van der Waals surface area (Å²) in [7, 11) is 0.